The van der Waals surface area contributed by atoms with Crippen LogP contribution in [0.25, 0.3) is 0 Å². The van der Waals surface area contributed by atoms with Crippen LogP contribution >= 0.6 is 11.6 Å². The molecule has 2 aromatic carbocycles. The van der Waals surface area contributed by atoms with Gasteiger partial charge in [0.05, 0.1) is 0 Å². The summed E-state index contributed by atoms with van der Waals surface area (Å²) < 4.78 is 13.0. The van der Waals surface area contributed by atoms with Crippen molar-refractivity contribution in [2.75, 3.05) is 0 Å². The molecule has 0 amide bonds. The maximum atomic E-state index is 13.0. The Labute approximate surface area is 118 Å². The number of nitrogens with one attached hydrogen (secondary N) is 1. The minimum atomic E-state index is -0.305. The van der Waals surface area contributed by atoms with Crippen LogP contribution < -0.4 is 5.32 Å². The maximum absolute atomic E-state index is 13.0. The first-order chi connectivity index (χ1) is 9.08. The van der Waals surface area contributed by atoms with E-state index in [1.807, 2.05) is 12.1 Å². The Kier molecular flexibility index (Phi) is 4.56. The van der Waals surface area contributed by atoms with Gasteiger partial charge < -0.3 is 5.32 Å². The topological polar surface area (TPSA) is 12.0 Å². The van der Waals surface area contributed by atoms with Crippen LogP contribution in [0.15, 0.2) is 42.5 Å². The summed E-state index contributed by atoms with van der Waals surface area (Å²) in [5, 5.41) is 3.87. The summed E-state index contributed by atoms with van der Waals surface area (Å²) >= 11 is 6.01. The van der Waals surface area contributed by atoms with E-state index in [1.165, 1.54) is 23.3 Å². The molecule has 0 unspecified atom stereocenters. The van der Waals surface area contributed by atoms with Crippen molar-refractivity contribution >= 4 is 11.6 Å². The summed E-state index contributed by atoms with van der Waals surface area (Å²) in [7, 11) is 0. The third-order valence-corrected chi connectivity index (χ3v) is 3.62. The molecule has 0 radical (unpaired) electrons. The molecule has 0 aromatic heterocycles. The van der Waals surface area contributed by atoms with Gasteiger partial charge in [-0.1, -0.05) is 41.9 Å². The molecule has 0 heterocycles. The van der Waals surface area contributed by atoms with Crippen LogP contribution in [-0.4, -0.2) is 0 Å². The van der Waals surface area contributed by atoms with E-state index in [0.29, 0.717) is 11.6 Å². The second kappa shape index (κ2) is 6.18. The standard InChI is InChI=1S/C16H17ClFN/c1-11-5-3-4-6-15(11)12(2)19-10-13-7-8-14(18)9-16(13)17/h3-9,12,19H,10H2,1-2H3/t12-/m0/s1. The fourth-order valence-electron chi connectivity index (χ4n) is 2.11. The van der Waals surface area contributed by atoms with Crippen molar-refractivity contribution < 1.29 is 4.39 Å². The zero-order valence-corrected chi connectivity index (χ0v) is 11.8. The molecule has 0 aliphatic rings. The lowest BCUT2D eigenvalue weighted by Gasteiger charge is -2.17. The first-order valence-electron chi connectivity index (χ1n) is 6.31. The van der Waals surface area contributed by atoms with Crippen molar-refractivity contribution in [1.29, 1.82) is 0 Å². The number of hydrogen-bond donors (Lipinski definition) is 1. The van der Waals surface area contributed by atoms with E-state index in [0.717, 1.165) is 5.56 Å². The molecule has 0 spiro atoms. The van der Waals surface area contributed by atoms with Crippen LogP contribution in [0.3, 0.4) is 0 Å². The van der Waals surface area contributed by atoms with E-state index >= 15 is 0 Å². The highest BCUT2D eigenvalue weighted by atomic mass is 35.5. The lowest BCUT2D eigenvalue weighted by molar-refractivity contribution is 0.570. The van der Waals surface area contributed by atoms with Gasteiger partial charge in [-0.3, -0.25) is 0 Å². The SMILES string of the molecule is Cc1ccccc1[C@H](C)NCc1ccc(F)cc1Cl. The number of halogens is 2. The van der Waals surface area contributed by atoms with Crippen molar-refractivity contribution in [3.05, 3.63) is 70.0 Å². The fourth-order valence-corrected chi connectivity index (χ4v) is 2.34. The van der Waals surface area contributed by atoms with Gasteiger partial charge in [0, 0.05) is 17.6 Å². The van der Waals surface area contributed by atoms with E-state index < -0.39 is 0 Å². The zero-order valence-electron chi connectivity index (χ0n) is 11.1. The third-order valence-electron chi connectivity index (χ3n) is 3.27. The lowest BCUT2D eigenvalue weighted by Crippen LogP contribution is -2.19. The molecule has 1 atom stereocenters. The van der Waals surface area contributed by atoms with E-state index in [1.54, 1.807) is 6.07 Å². The first kappa shape index (κ1) is 14.0. The molecular weight excluding hydrogens is 261 g/mol. The highest BCUT2D eigenvalue weighted by Gasteiger charge is 2.08. The Hall–Kier alpha value is -1.38. The van der Waals surface area contributed by atoms with Gasteiger partial charge in [-0.05, 0) is 42.7 Å². The van der Waals surface area contributed by atoms with E-state index in [4.69, 9.17) is 11.6 Å². The van der Waals surface area contributed by atoms with Crippen LogP contribution in [0.5, 0.6) is 0 Å². The van der Waals surface area contributed by atoms with Crippen molar-refractivity contribution in [3.8, 4) is 0 Å². The number of rotatable bonds is 4. The Morgan fingerprint density at radius 2 is 1.95 bits per heavy atom. The van der Waals surface area contributed by atoms with Crippen molar-refractivity contribution in [2.24, 2.45) is 0 Å². The molecule has 0 saturated heterocycles. The molecule has 1 nitrogen and oxygen atoms in total. The van der Waals surface area contributed by atoms with E-state index in [-0.39, 0.29) is 11.9 Å². The fraction of sp³-hybridized carbons (Fsp3) is 0.250. The predicted octanol–water partition coefficient (Wildman–Crippen LogP) is 4.64. The van der Waals surface area contributed by atoms with Gasteiger partial charge in [-0.15, -0.1) is 0 Å². The molecule has 0 saturated carbocycles. The van der Waals surface area contributed by atoms with Gasteiger partial charge >= 0.3 is 0 Å². The number of aryl methyl sites for hydroxylation is 1. The molecular formula is C16H17ClFN. The number of hydrogen-bond acceptors (Lipinski definition) is 1. The molecule has 19 heavy (non-hydrogen) atoms. The van der Waals surface area contributed by atoms with Crippen LogP contribution in [0.2, 0.25) is 5.02 Å². The van der Waals surface area contributed by atoms with Gasteiger partial charge in [-0.2, -0.15) is 0 Å². The summed E-state index contributed by atoms with van der Waals surface area (Å²) in [6.45, 7) is 4.83. The van der Waals surface area contributed by atoms with Gasteiger partial charge in [0.1, 0.15) is 5.82 Å². The molecule has 0 aliphatic carbocycles. The van der Waals surface area contributed by atoms with Crippen LogP contribution in [0.1, 0.15) is 29.7 Å². The van der Waals surface area contributed by atoms with Gasteiger partial charge in [0.2, 0.25) is 0 Å². The van der Waals surface area contributed by atoms with Crippen LogP contribution in [-0.2, 0) is 6.54 Å². The summed E-state index contributed by atoms with van der Waals surface area (Å²) in [6, 6.07) is 13.0. The van der Waals surface area contributed by atoms with Crippen LogP contribution in [0, 0.1) is 12.7 Å². The van der Waals surface area contributed by atoms with Crippen molar-refractivity contribution in [2.45, 2.75) is 26.4 Å². The average Bonchev–Trinajstić information content (AvgIpc) is 2.38. The zero-order chi connectivity index (χ0) is 13.8. The molecule has 0 fully saturated rings. The Morgan fingerprint density at radius 3 is 2.63 bits per heavy atom. The Balaban J connectivity index is 2.04. The lowest BCUT2D eigenvalue weighted by atomic mass is 10.0. The second-order valence-corrected chi connectivity index (χ2v) is 5.10. The highest BCUT2D eigenvalue weighted by molar-refractivity contribution is 6.31. The van der Waals surface area contributed by atoms with E-state index in [9.17, 15) is 4.39 Å². The summed E-state index contributed by atoms with van der Waals surface area (Å²) in [4.78, 5) is 0. The molecule has 100 valence electrons. The second-order valence-electron chi connectivity index (χ2n) is 4.69. The highest BCUT2D eigenvalue weighted by Crippen LogP contribution is 2.20. The van der Waals surface area contributed by atoms with Crippen molar-refractivity contribution in [3.63, 3.8) is 0 Å². The summed E-state index contributed by atoms with van der Waals surface area (Å²) in [5.74, 6) is -0.305. The third kappa shape index (κ3) is 3.55. The molecule has 0 aliphatic heterocycles. The quantitative estimate of drug-likeness (QED) is 0.858. The van der Waals surface area contributed by atoms with Gasteiger partial charge in [0.25, 0.3) is 0 Å². The van der Waals surface area contributed by atoms with Gasteiger partial charge in [0.15, 0.2) is 0 Å². The minimum absolute atomic E-state index is 0.224. The first-order valence-corrected chi connectivity index (χ1v) is 6.68. The Morgan fingerprint density at radius 1 is 1.21 bits per heavy atom. The predicted molar refractivity (Wildman–Crippen MR) is 77.8 cm³/mol. The molecule has 1 N–H and O–H groups in total. The molecule has 0 bridgehead atoms. The maximum Gasteiger partial charge on any atom is 0.124 e. The average molecular weight is 278 g/mol. The monoisotopic (exact) mass is 277 g/mol. The van der Waals surface area contributed by atoms with Crippen LogP contribution in [0.4, 0.5) is 4.39 Å². The summed E-state index contributed by atoms with van der Waals surface area (Å²) in [5.41, 5.74) is 3.43. The normalized spacial score (nSPS) is 12.4. The Bertz CT molecular complexity index is 568. The minimum Gasteiger partial charge on any atom is -0.306 e. The smallest absolute Gasteiger partial charge is 0.124 e. The van der Waals surface area contributed by atoms with Gasteiger partial charge in [-0.25, -0.2) is 4.39 Å². The molecule has 3 heteroatoms. The molecule has 2 aromatic rings. The van der Waals surface area contributed by atoms with E-state index in [2.05, 4.69) is 31.3 Å². The largest absolute Gasteiger partial charge is 0.306 e. The summed E-state index contributed by atoms with van der Waals surface area (Å²) in [6.07, 6.45) is 0. The van der Waals surface area contributed by atoms with Crippen molar-refractivity contribution in [1.82, 2.24) is 5.32 Å². The number of benzene rings is 2. The molecule has 2 rings (SSSR count).